The number of furan rings is 1. The number of carbonyl (C=O) groups excluding carboxylic acids is 2. The second kappa shape index (κ2) is 13.5. The van der Waals surface area contributed by atoms with Crippen LogP contribution in [0.2, 0.25) is 0 Å². The smallest absolute Gasteiger partial charge is 0.342 e. The first-order valence-electron chi connectivity index (χ1n) is 12.9. The second-order valence-corrected chi connectivity index (χ2v) is 9.01. The number of hydrogen-bond donors (Lipinski definition) is 2. The lowest BCUT2D eigenvalue weighted by molar-refractivity contribution is -0.121. The molecule has 204 valence electrons. The number of esters is 1. The summed E-state index contributed by atoms with van der Waals surface area (Å²) in [7, 11) is 3.17. The Morgan fingerprint density at radius 2 is 1.69 bits per heavy atom. The van der Waals surface area contributed by atoms with Crippen LogP contribution in [0.15, 0.2) is 71.1 Å². The summed E-state index contributed by atoms with van der Waals surface area (Å²) in [4.78, 5) is 25.6. The van der Waals surface area contributed by atoms with Gasteiger partial charge in [0.1, 0.15) is 17.1 Å². The zero-order valence-electron chi connectivity index (χ0n) is 22.2. The van der Waals surface area contributed by atoms with Gasteiger partial charge in [-0.2, -0.15) is 0 Å². The quantitative estimate of drug-likeness (QED) is 0.186. The molecule has 0 unspecified atom stereocenters. The third-order valence-electron chi connectivity index (χ3n) is 6.35. The fourth-order valence-electron chi connectivity index (χ4n) is 4.36. The van der Waals surface area contributed by atoms with Gasteiger partial charge in [-0.05, 0) is 54.7 Å². The van der Waals surface area contributed by atoms with Crippen molar-refractivity contribution in [2.75, 3.05) is 34.0 Å². The molecule has 0 saturated carbocycles. The molecule has 0 bridgehead atoms. The number of aliphatic hydroxyl groups excluding tert-OH is 1. The van der Waals surface area contributed by atoms with Crippen molar-refractivity contribution in [2.45, 2.75) is 25.7 Å². The molecule has 4 aromatic rings. The highest BCUT2D eigenvalue weighted by Crippen LogP contribution is 2.39. The Bertz CT molecular complexity index is 1390. The molecule has 1 aromatic heterocycles. The number of ether oxygens (including phenoxy) is 3. The Morgan fingerprint density at radius 3 is 2.38 bits per heavy atom. The lowest BCUT2D eigenvalue weighted by Crippen LogP contribution is -2.26. The summed E-state index contributed by atoms with van der Waals surface area (Å²) >= 11 is 0. The summed E-state index contributed by atoms with van der Waals surface area (Å²) in [6.07, 6.45) is 2.06. The predicted octanol–water partition coefficient (Wildman–Crippen LogP) is 4.95. The van der Waals surface area contributed by atoms with Crippen molar-refractivity contribution < 1.29 is 33.3 Å². The molecule has 39 heavy (non-hydrogen) atoms. The Hall–Kier alpha value is -4.30. The molecule has 0 radical (unpaired) electrons. The van der Waals surface area contributed by atoms with Crippen molar-refractivity contribution in [3.8, 4) is 22.8 Å². The number of methoxy groups -OCH3 is 2. The predicted molar refractivity (Wildman–Crippen MR) is 148 cm³/mol. The van der Waals surface area contributed by atoms with Crippen molar-refractivity contribution >= 4 is 22.8 Å². The normalized spacial score (nSPS) is 10.8. The van der Waals surface area contributed by atoms with E-state index in [0.29, 0.717) is 40.9 Å². The van der Waals surface area contributed by atoms with Gasteiger partial charge in [0.25, 0.3) is 0 Å². The number of rotatable bonds is 13. The van der Waals surface area contributed by atoms with Crippen LogP contribution in [0.1, 0.15) is 34.3 Å². The maximum Gasteiger partial charge on any atom is 0.342 e. The third-order valence-corrected chi connectivity index (χ3v) is 6.35. The van der Waals surface area contributed by atoms with Crippen LogP contribution in [0.4, 0.5) is 0 Å². The molecule has 1 amide bonds. The highest BCUT2D eigenvalue weighted by molar-refractivity contribution is 6.10. The topological polar surface area (TPSA) is 107 Å². The molecule has 0 fully saturated rings. The number of amides is 1. The van der Waals surface area contributed by atoms with Crippen LogP contribution in [0, 0.1) is 0 Å². The van der Waals surface area contributed by atoms with Crippen molar-refractivity contribution in [2.24, 2.45) is 0 Å². The molecule has 0 aliphatic heterocycles. The SMILES string of the molecule is COc1ccc(CCCOC(=O)c2c(-c3ccccc3)oc3c(OC)cc(CCC(=O)NCCO)cc23)cc1. The van der Waals surface area contributed by atoms with Gasteiger partial charge >= 0.3 is 5.97 Å². The minimum absolute atomic E-state index is 0.117. The van der Waals surface area contributed by atoms with Gasteiger partial charge in [0.05, 0.1) is 27.4 Å². The molecule has 0 spiro atoms. The average molecular weight is 532 g/mol. The van der Waals surface area contributed by atoms with Gasteiger partial charge in [-0.15, -0.1) is 0 Å². The van der Waals surface area contributed by atoms with Crippen molar-refractivity contribution in [3.05, 3.63) is 83.4 Å². The van der Waals surface area contributed by atoms with Crippen LogP contribution in [0.5, 0.6) is 11.5 Å². The Morgan fingerprint density at radius 1 is 0.923 bits per heavy atom. The molecule has 3 aromatic carbocycles. The van der Waals surface area contributed by atoms with Gasteiger partial charge < -0.3 is 29.1 Å². The maximum atomic E-state index is 13.5. The van der Waals surface area contributed by atoms with Crippen molar-refractivity contribution in [3.63, 3.8) is 0 Å². The lowest BCUT2D eigenvalue weighted by atomic mass is 10.0. The number of aliphatic hydroxyl groups is 1. The van der Waals surface area contributed by atoms with E-state index in [1.807, 2.05) is 66.7 Å². The lowest BCUT2D eigenvalue weighted by Gasteiger charge is -2.08. The van der Waals surface area contributed by atoms with Crippen LogP contribution < -0.4 is 14.8 Å². The van der Waals surface area contributed by atoms with E-state index in [1.165, 1.54) is 7.11 Å². The highest BCUT2D eigenvalue weighted by atomic mass is 16.5. The Labute approximate surface area is 227 Å². The van der Waals surface area contributed by atoms with Crippen molar-refractivity contribution in [1.82, 2.24) is 5.32 Å². The number of hydrogen-bond acceptors (Lipinski definition) is 7. The maximum absolute atomic E-state index is 13.5. The zero-order chi connectivity index (χ0) is 27.6. The van der Waals surface area contributed by atoms with Crippen LogP contribution in [-0.4, -0.2) is 51.0 Å². The summed E-state index contributed by atoms with van der Waals surface area (Å²) in [5.41, 5.74) is 3.45. The molecule has 2 N–H and O–H groups in total. The van der Waals surface area contributed by atoms with Crippen molar-refractivity contribution in [1.29, 1.82) is 0 Å². The summed E-state index contributed by atoms with van der Waals surface area (Å²) in [6.45, 7) is 0.333. The minimum Gasteiger partial charge on any atom is -0.497 e. The molecular weight excluding hydrogens is 498 g/mol. The molecule has 0 atom stereocenters. The summed E-state index contributed by atoms with van der Waals surface area (Å²) in [5, 5.41) is 12.1. The first-order chi connectivity index (χ1) is 19.0. The first kappa shape index (κ1) is 27.7. The van der Waals surface area contributed by atoms with E-state index < -0.39 is 5.97 Å². The zero-order valence-corrected chi connectivity index (χ0v) is 22.2. The first-order valence-corrected chi connectivity index (χ1v) is 12.9. The van der Waals surface area contributed by atoms with Gasteiger partial charge in [0.15, 0.2) is 11.3 Å². The number of fused-ring (bicyclic) bond motifs is 1. The van der Waals surface area contributed by atoms with Crippen LogP contribution in [-0.2, 0) is 22.4 Å². The summed E-state index contributed by atoms with van der Waals surface area (Å²) in [5.74, 6) is 1.01. The number of carbonyl (C=O) groups is 2. The Balaban J connectivity index is 1.58. The number of aryl methyl sites for hydroxylation is 2. The molecule has 1 heterocycles. The van der Waals surface area contributed by atoms with Crippen LogP contribution in [0.25, 0.3) is 22.3 Å². The molecule has 4 rings (SSSR count). The van der Waals surface area contributed by atoms with E-state index in [0.717, 1.165) is 28.9 Å². The molecule has 0 aliphatic carbocycles. The van der Waals surface area contributed by atoms with E-state index in [2.05, 4.69) is 5.32 Å². The van der Waals surface area contributed by atoms with E-state index in [9.17, 15) is 9.59 Å². The van der Waals surface area contributed by atoms with E-state index in [1.54, 1.807) is 7.11 Å². The van der Waals surface area contributed by atoms with E-state index >= 15 is 0 Å². The van der Waals surface area contributed by atoms with Crippen LogP contribution >= 0.6 is 0 Å². The summed E-state index contributed by atoms with van der Waals surface area (Å²) in [6, 6.07) is 20.9. The molecule has 0 saturated heterocycles. The minimum atomic E-state index is -0.484. The standard InChI is InChI=1S/C31H33NO7/c1-36-24-13-10-21(11-14-24)7-6-18-38-31(35)28-25-19-22(12-15-27(34)32-16-17-33)20-26(37-2)30(25)39-29(28)23-8-4-3-5-9-23/h3-5,8-11,13-14,19-20,33H,6-7,12,15-18H2,1-2H3,(H,32,34). The van der Waals surface area contributed by atoms with E-state index in [4.69, 9.17) is 23.7 Å². The van der Waals surface area contributed by atoms with Gasteiger partial charge in [0.2, 0.25) is 5.91 Å². The largest absolute Gasteiger partial charge is 0.497 e. The molecule has 8 heteroatoms. The van der Waals surface area contributed by atoms with Gasteiger partial charge in [-0.3, -0.25) is 4.79 Å². The third kappa shape index (κ3) is 6.97. The highest BCUT2D eigenvalue weighted by Gasteiger charge is 2.26. The number of benzene rings is 3. The molecular formula is C31H33NO7. The van der Waals surface area contributed by atoms with Gasteiger partial charge in [0, 0.05) is 23.9 Å². The molecule has 8 nitrogen and oxygen atoms in total. The average Bonchev–Trinajstić information content (AvgIpc) is 3.37. The monoisotopic (exact) mass is 531 g/mol. The Kier molecular flexibility index (Phi) is 9.58. The van der Waals surface area contributed by atoms with Crippen LogP contribution in [0.3, 0.4) is 0 Å². The second-order valence-electron chi connectivity index (χ2n) is 9.01. The molecule has 0 aliphatic rings. The van der Waals surface area contributed by atoms with E-state index in [-0.39, 0.29) is 32.1 Å². The van der Waals surface area contributed by atoms with Gasteiger partial charge in [-0.1, -0.05) is 42.5 Å². The van der Waals surface area contributed by atoms with Gasteiger partial charge in [-0.25, -0.2) is 4.79 Å². The number of nitrogens with one attached hydrogen (secondary N) is 1. The fraction of sp³-hybridized carbons (Fsp3) is 0.290. The fourth-order valence-corrected chi connectivity index (χ4v) is 4.36. The summed E-state index contributed by atoms with van der Waals surface area (Å²) < 4.78 is 22.7.